The average molecular weight is 844 g/mol. The number of aliphatic hydroxyl groups excluding tert-OH is 2. The molecule has 0 radical (unpaired) electrons. The molecule has 6 rings (SSSR count). The van der Waals surface area contributed by atoms with Crippen LogP contribution in [-0.4, -0.2) is 119 Å². The first kappa shape index (κ1) is 45.1. The molecule has 0 aliphatic heterocycles. The first-order chi connectivity index (χ1) is 29.1. The lowest BCUT2D eigenvalue weighted by Gasteiger charge is -2.26. The highest BCUT2D eigenvalue weighted by atomic mass is 16.6. The zero-order valence-corrected chi connectivity index (χ0v) is 35.9. The molecule has 15 heteroatoms. The van der Waals surface area contributed by atoms with Crippen molar-refractivity contribution in [2.24, 2.45) is 0 Å². The SMILES string of the molecule is CCC(=O)OCCOCCNc1cc(CO)c2c3c(CO)cc(=O)c4c(O)c(OC)c5c(c6c(c(CCCOCCOC(=O)C[N+](C)(C)C)c(=O)c1c26)C=C(C)C5C(C)=O)c43. The average Bonchev–Trinajstić information content (AvgIpc) is 3.34. The maximum absolute atomic E-state index is 15.2. The molecule has 0 heterocycles. The van der Waals surface area contributed by atoms with Gasteiger partial charge in [-0.25, -0.2) is 4.79 Å². The van der Waals surface area contributed by atoms with E-state index in [4.69, 9.17) is 23.7 Å². The van der Waals surface area contributed by atoms with Crippen LogP contribution in [0.25, 0.3) is 49.2 Å². The first-order valence-corrected chi connectivity index (χ1v) is 20.5. The van der Waals surface area contributed by atoms with Crippen molar-refractivity contribution >= 4 is 72.6 Å². The summed E-state index contributed by atoms with van der Waals surface area (Å²) in [6, 6.07) is 2.91. The first-order valence-electron chi connectivity index (χ1n) is 20.5. The number of quaternary nitrogens is 1. The minimum absolute atomic E-state index is 0.0542. The zero-order chi connectivity index (χ0) is 44.3. The van der Waals surface area contributed by atoms with Crippen molar-refractivity contribution in [3.63, 3.8) is 0 Å². The van der Waals surface area contributed by atoms with E-state index in [1.807, 2.05) is 27.2 Å². The molecule has 0 saturated carbocycles. The van der Waals surface area contributed by atoms with E-state index in [0.29, 0.717) is 71.3 Å². The second-order valence-electron chi connectivity index (χ2n) is 16.4. The molecule has 0 aromatic heterocycles. The van der Waals surface area contributed by atoms with Crippen molar-refractivity contribution in [2.45, 2.75) is 59.2 Å². The van der Waals surface area contributed by atoms with Crippen molar-refractivity contribution in [2.75, 3.05) is 86.3 Å². The number of phenolic OH excluding ortho intramolecular Hbond substituents is 1. The number of aliphatic hydroxyl groups is 2. The largest absolute Gasteiger partial charge is 0.504 e. The number of benzene rings is 5. The van der Waals surface area contributed by atoms with Crippen LogP contribution in [0.2, 0.25) is 0 Å². The second-order valence-corrected chi connectivity index (χ2v) is 16.4. The van der Waals surface area contributed by atoms with Gasteiger partial charge in [-0.1, -0.05) is 18.6 Å². The number of nitrogens with zero attached hydrogens (tertiary/aromatic N) is 1. The maximum Gasteiger partial charge on any atom is 0.361 e. The zero-order valence-electron chi connectivity index (χ0n) is 35.9. The van der Waals surface area contributed by atoms with Gasteiger partial charge in [0, 0.05) is 47.2 Å². The van der Waals surface area contributed by atoms with Gasteiger partial charge in [-0.3, -0.25) is 19.2 Å². The van der Waals surface area contributed by atoms with Gasteiger partial charge in [0.05, 0.1) is 78.0 Å². The lowest BCUT2D eigenvalue weighted by molar-refractivity contribution is -0.862. The molecule has 15 nitrogen and oxygen atoms in total. The number of carbonyl (C=O) groups is 3. The number of Topliss-reactive ketones (excluding diaryl/α,β-unsaturated/α-hetero) is 1. The molecule has 5 aromatic carbocycles. The Hall–Kier alpha value is -5.45. The Bertz CT molecular complexity index is 2650. The third kappa shape index (κ3) is 8.70. The summed E-state index contributed by atoms with van der Waals surface area (Å²) in [5.74, 6) is -2.41. The quantitative estimate of drug-likeness (QED) is 0.0268. The fourth-order valence-electron chi connectivity index (χ4n) is 8.68. The van der Waals surface area contributed by atoms with Crippen LogP contribution in [0.1, 0.15) is 67.3 Å². The number of hydrogen-bond donors (Lipinski definition) is 4. The van der Waals surface area contributed by atoms with Crippen molar-refractivity contribution in [1.29, 1.82) is 0 Å². The predicted octanol–water partition coefficient (Wildman–Crippen LogP) is 4.26. The molecule has 0 amide bonds. The van der Waals surface area contributed by atoms with Crippen LogP contribution in [-0.2, 0) is 53.0 Å². The van der Waals surface area contributed by atoms with Gasteiger partial charge in [-0.15, -0.1) is 0 Å². The van der Waals surface area contributed by atoms with E-state index in [-0.39, 0.29) is 116 Å². The summed E-state index contributed by atoms with van der Waals surface area (Å²) in [5, 5.41) is 39.7. The summed E-state index contributed by atoms with van der Waals surface area (Å²) in [6.07, 6.45) is 2.68. The van der Waals surface area contributed by atoms with Crippen LogP contribution >= 0.6 is 0 Å². The van der Waals surface area contributed by atoms with E-state index in [2.05, 4.69) is 5.32 Å². The minimum atomic E-state index is -0.955. The number of fused-ring (bicyclic) bond motifs is 1. The fraction of sp³-hybridized carbons (Fsp3) is 0.457. The number of phenols is 1. The van der Waals surface area contributed by atoms with E-state index in [0.717, 1.165) is 0 Å². The van der Waals surface area contributed by atoms with E-state index in [1.165, 1.54) is 20.1 Å². The number of methoxy groups -OCH3 is 1. The summed E-state index contributed by atoms with van der Waals surface area (Å²) in [5.41, 5.74) is 1.94. The third-order valence-corrected chi connectivity index (χ3v) is 11.1. The lowest BCUT2D eigenvalue weighted by atomic mass is 9.78. The molecule has 0 bridgehead atoms. The van der Waals surface area contributed by atoms with Gasteiger partial charge in [0.15, 0.2) is 28.9 Å². The molecular formula is C46H55N2O13+. The van der Waals surface area contributed by atoms with Gasteiger partial charge in [0.25, 0.3) is 0 Å². The molecule has 1 atom stereocenters. The van der Waals surface area contributed by atoms with Crippen LogP contribution in [0, 0.1) is 0 Å². The van der Waals surface area contributed by atoms with Crippen molar-refractivity contribution in [1.82, 2.24) is 0 Å². The van der Waals surface area contributed by atoms with Crippen LogP contribution < -0.4 is 20.9 Å². The van der Waals surface area contributed by atoms with Crippen LogP contribution in [0.3, 0.4) is 0 Å². The Morgan fingerprint density at radius 2 is 1.41 bits per heavy atom. The van der Waals surface area contributed by atoms with E-state index in [9.17, 15) is 34.5 Å². The van der Waals surface area contributed by atoms with Gasteiger partial charge in [-0.2, -0.15) is 0 Å². The summed E-state index contributed by atoms with van der Waals surface area (Å²) >= 11 is 0. The fourth-order valence-corrected chi connectivity index (χ4v) is 8.68. The molecule has 0 fully saturated rings. The highest BCUT2D eigenvalue weighted by Gasteiger charge is 2.36. The van der Waals surface area contributed by atoms with Gasteiger partial charge < -0.3 is 48.8 Å². The minimum Gasteiger partial charge on any atom is -0.504 e. The number of carbonyl (C=O) groups excluding carboxylic acids is 3. The van der Waals surface area contributed by atoms with Crippen molar-refractivity contribution in [3.8, 4) is 11.5 Å². The molecule has 5 aromatic rings. The topological polar surface area (TPSA) is 204 Å². The van der Waals surface area contributed by atoms with Gasteiger partial charge in [0.1, 0.15) is 19.0 Å². The number of esters is 2. The predicted molar refractivity (Wildman–Crippen MR) is 232 cm³/mol. The summed E-state index contributed by atoms with van der Waals surface area (Å²) in [4.78, 5) is 66.7. The van der Waals surface area contributed by atoms with E-state index >= 15 is 4.79 Å². The highest BCUT2D eigenvalue weighted by molar-refractivity contribution is 6.39. The second kappa shape index (κ2) is 18.7. The number of likely N-dealkylation sites (N-methyl/N-ethyl adjacent to an activating group) is 1. The number of hydrogen-bond acceptors (Lipinski definition) is 14. The molecule has 326 valence electrons. The molecule has 1 aliphatic rings. The number of ketones is 1. The lowest BCUT2D eigenvalue weighted by Crippen LogP contribution is -2.40. The molecular weight excluding hydrogens is 789 g/mol. The highest BCUT2D eigenvalue weighted by Crippen LogP contribution is 2.55. The van der Waals surface area contributed by atoms with E-state index in [1.54, 1.807) is 19.9 Å². The molecule has 1 unspecified atom stereocenters. The van der Waals surface area contributed by atoms with Gasteiger partial charge >= 0.3 is 11.9 Å². The Labute approximate surface area is 352 Å². The van der Waals surface area contributed by atoms with Gasteiger partial charge in [-0.05, 0) is 77.1 Å². The number of ether oxygens (including phenoxy) is 5. The monoisotopic (exact) mass is 843 g/mol. The van der Waals surface area contributed by atoms with Gasteiger partial charge in [0.2, 0.25) is 0 Å². The number of rotatable bonds is 21. The summed E-state index contributed by atoms with van der Waals surface area (Å²) < 4.78 is 28.3. The molecule has 0 spiro atoms. The molecule has 1 aliphatic carbocycles. The van der Waals surface area contributed by atoms with Crippen LogP contribution in [0.4, 0.5) is 5.69 Å². The smallest absolute Gasteiger partial charge is 0.361 e. The number of anilines is 1. The molecule has 0 saturated heterocycles. The summed E-state index contributed by atoms with van der Waals surface area (Å²) in [6.45, 7) is 5.16. The van der Waals surface area contributed by atoms with Crippen LogP contribution in [0.15, 0.2) is 27.3 Å². The Morgan fingerprint density at radius 3 is 2.02 bits per heavy atom. The summed E-state index contributed by atoms with van der Waals surface area (Å²) in [7, 11) is 7.02. The third-order valence-electron chi connectivity index (χ3n) is 11.1. The Morgan fingerprint density at radius 1 is 0.787 bits per heavy atom. The van der Waals surface area contributed by atoms with E-state index < -0.39 is 30.3 Å². The normalized spacial score (nSPS) is 14.0. The standard InChI is InChI=1S/C46H54N2O13/c1-8-32(53)60-16-15-59-13-11-47-30-19-26(22-49)35-36-27(23-50)20-31(52)39-41(36)42-37-29(18-24(2)34(25(3)51)43(42)46(57-7)45(39)56)28(44(55)38(30)40(35)37)10-9-12-58-14-17-61-33(54)21-48(4,5)6/h18-20,34,49-50H,8-17,21-23H2,1-7H3,(H-,47,52,55,56)/p+1. The Balaban J connectivity index is 1.58. The number of nitrogens with one attached hydrogen (secondary N) is 1. The Kier molecular flexibility index (Phi) is 13.8. The number of allylic oxidation sites excluding steroid dienone is 1. The maximum atomic E-state index is 15.2. The molecule has 61 heavy (non-hydrogen) atoms. The van der Waals surface area contributed by atoms with Crippen LogP contribution in [0.5, 0.6) is 11.5 Å². The van der Waals surface area contributed by atoms with Crippen molar-refractivity contribution in [3.05, 3.63) is 66.0 Å². The molecule has 4 N–H and O–H groups in total. The number of aromatic hydroxyl groups is 1. The van der Waals surface area contributed by atoms with Crippen molar-refractivity contribution < 1.29 is 57.9 Å².